The van der Waals surface area contributed by atoms with Gasteiger partial charge < -0.3 is 19.7 Å². The van der Waals surface area contributed by atoms with Crippen molar-refractivity contribution in [1.29, 1.82) is 0 Å². The number of nitro groups is 1. The van der Waals surface area contributed by atoms with Gasteiger partial charge in [-0.05, 0) is 85.6 Å². The van der Waals surface area contributed by atoms with Crippen LogP contribution in [0.2, 0.25) is 5.02 Å². The number of nitro benzene ring substituents is 1. The van der Waals surface area contributed by atoms with E-state index >= 15 is 0 Å². The third-order valence-corrected chi connectivity index (χ3v) is 7.36. The van der Waals surface area contributed by atoms with Gasteiger partial charge in [-0.1, -0.05) is 35.9 Å². The number of halogens is 1. The number of carbonyl (C=O) groups is 3. The van der Waals surface area contributed by atoms with Crippen molar-refractivity contribution >= 4 is 53.0 Å². The van der Waals surface area contributed by atoms with Crippen LogP contribution >= 0.6 is 11.6 Å². The van der Waals surface area contributed by atoms with E-state index < -0.39 is 22.7 Å². The van der Waals surface area contributed by atoms with E-state index in [-0.39, 0.29) is 39.0 Å². The number of hydrogen-bond donors (Lipinski definition) is 2. The van der Waals surface area contributed by atoms with Crippen LogP contribution in [0.1, 0.15) is 45.7 Å². The van der Waals surface area contributed by atoms with Gasteiger partial charge in [0, 0.05) is 30.9 Å². The molecular formula is C35H32ClN5O7. The average Bonchev–Trinajstić information content (AvgIpc) is 3.09. The number of hydrogen-bond acceptors (Lipinski definition) is 9. The Morgan fingerprint density at radius 1 is 0.917 bits per heavy atom. The van der Waals surface area contributed by atoms with Gasteiger partial charge in [0.1, 0.15) is 5.70 Å². The third-order valence-electron chi connectivity index (χ3n) is 7.03. The largest absolute Gasteiger partial charge is 0.493 e. The van der Waals surface area contributed by atoms with E-state index in [1.165, 1.54) is 55.8 Å². The van der Waals surface area contributed by atoms with Crippen LogP contribution in [0.25, 0.3) is 6.08 Å². The summed E-state index contributed by atoms with van der Waals surface area (Å²) in [7, 11) is 1.38. The van der Waals surface area contributed by atoms with Crippen molar-refractivity contribution in [2.45, 2.75) is 13.8 Å². The molecule has 0 bridgehead atoms. The molecule has 246 valence electrons. The maximum absolute atomic E-state index is 13.3. The molecule has 0 fully saturated rings. The van der Waals surface area contributed by atoms with Crippen LogP contribution in [-0.4, -0.2) is 49.1 Å². The lowest BCUT2D eigenvalue weighted by Gasteiger charge is -2.21. The number of nitrogens with one attached hydrogen (secondary N) is 2. The number of nitrogens with zero attached hydrogens (tertiary/aromatic N) is 3. The summed E-state index contributed by atoms with van der Waals surface area (Å²) in [6.07, 6.45) is 2.87. The second kappa shape index (κ2) is 16.5. The van der Waals surface area contributed by atoms with Gasteiger partial charge >= 0.3 is 5.97 Å². The van der Waals surface area contributed by atoms with Crippen LogP contribution in [0.4, 0.5) is 11.4 Å². The number of rotatable bonds is 13. The number of esters is 1. The monoisotopic (exact) mass is 669 g/mol. The minimum absolute atomic E-state index is 0.0706. The van der Waals surface area contributed by atoms with Crippen LogP contribution in [0.5, 0.6) is 11.5 Å². The van der Waals surface area contributed by atoms with E-state index in [0.717, 1.165) is 18.8 Å². The molecule has 0 spiro atoms. The molecular weight excluding hydrogens is 638 g/mol. The highest BCUT2D eigenvalue weighted by Crippen LogP contribution is 2.29. The van der Waals surface area contributed by atoms with E-state index in [1.807, 2.05) is 24.3 Å². The molecule has 4 aromatic rings. The number of methoxy groups -OCH3 is 1. The van der Waals surface area contributed by atoms with E-state index in [4.69, 9.17) is 21.1 Å². The van der Waals surface area contributed by atoms with Gasteiger partial charge in [-0.3, -0.25) is 19.7 Å². The number of hydrazone groups is 1. The third kappa shape index (κ3) is 9.04. The Bertz CT molecular complexity index is 1850. The maximum atomic E-state index is 13.3. The second-order valence-electron chi connectivity index (χ2n) is 10.1. The number of non-ortho nitro benzene ring substituents is 1. The van der Waals surface area contributed by atoms with Crippen molar-refractivity contribution in [1.82, 2.24) is 10.7 Å². The first-order valence-corrected chi connectivity index (χ1v) is 15.1. The molecule has 4 aromatic carbocycles. The molecule has 48 heavy (non-hydrogen) atoms. The summed E-state index contributed by atoms with van der Waals surface area (Å²) in [5.74, 6) is -1.71. The van der Waals surface area contributed by atoms with Crippen molar-refractivity contribution in [3.05, 3.63) is 134 Å². The van der Waals surface area contributed by atoms with Crippen molar-refractivity contribution in [2.75, 3.05) is 25.1 Å². The van der Waals surface area contributed by atoms with E-state index in [1.54, 1.807) is 30.3 Å². The molecule has 0 radical (unpaired) electrons. The molecule has 0 saturated carbocycles. The summed E-state index contributed by atoms with van der Waals surface area (Å²) in [5.41, 5.74) is 4.68. The molecule has 0 aliphatic heterocycles. The molecule has 12 nitrogen and oxygen atoms in total. The minimum Gasteiger partial charge on any atom is -0.493 e. The molecule has 0 saturated heterocycles. The van der Waals surface area contributed by atoms with Crippen LogP contribution in [0.3, 0.4) is 0 Å². The fourth-order valence-corrected chi connectivity index (χ4v) is 4.70. The van der Waals surface area contributed by atoms with Crippen molar-refractivity contribution in [3.63, 3.8) is 0 Å². The molecule has 13 heteroatoms. The zero-order valence-electron chi connectivity index (χ0n) is 26.3. The Morgan fingerprint density at radius 2 is 1.58 bits per heavy atom. The van der Waals surface area contributed by atoms with Crippen LogP contribution in [0.15, 0.2) is 102 Å². The van der Waals surface area contributed by atoms with Gasteiger partial charge in [-0.25, -0.2) is 10.2 Å². The Balaban J connectivity index is 1.50. The van der Waals surface area contributed by atoms with E-state index in [0.29, 0.717) is 11.1 Å². The highest BCUT2D eigenvalue weighted by atomic mass is 35.5. The lowest BCUT2D eigenvalue weighted by atomic mass is 10.1. The molecule has 0 aliphatic rings. The maximum Gasteiger partial charge on any atom is 0.343 e. The normalized spacial score (nSPS) is 11.1. The quantitative estimate of drug-likeness (QED) is 0.0424. The zero-order valence-corrected chi connectivity index (χ0v) is 27.1. The molecule has 0 aromatic heterocycles. The number of ether oxygens (including phenoxy) is 2. The minimum atomic E-state index is -0.738. The lowest BCUT2D eigenvalue weighted by molar-refractivity contribution is -0.384. The molecule has 2 N–H and O–H groups in total. The Hall–Kier alpha value is -6.01. The highest BCUT2D eigenvalue weighted by Gasteiger charge is 2.17. The van der Waals surface area contributed by atoms with Crippen molar-refractivity contribution in [2.24, 2.45) is 5.10 Å². The molecule has 0 heterocycles. The van der Waals surface area contributed by atoms with Gasteiger partial charge in [0.05, 0.1) is 34.4 Å². The first-order chi connectivity index (χ1) is 23.1. The molecule has 2 amide bonds. The standard InChI is InChI=1S/C35H32ClN5O7/c1-4-40(5-2)26-15-10-23(11-16-26)20-30(38-33(42)28-8-6-7-9-29(28)36)34(43)39-37-22-24-12-19-31(32(21-24)47-3)48-35(44)25-13-17-27(18-14-25)41(45)46/h6-22H,4-5H2,1-3H3,(H,38,42)(H,39,43)/b30-20+,37-22+. The summed E-state index contributed by atoms with van der Waals surface area (Å²) >= 11 is 6.21. The fourth-order valence-electron chi connectivity index (χ4n) is 4.48. The summed E-state index contributed by atoms with van der Waals surface area (Å²) in [6.45, 7) is 5.81. The number of anilines is 1. The van der Waals surface area contributed by atoms with Crippen molar-refractivity contribution in [3.8, 4) is 11.5 Å². The topological polar surface area (TPSA) is 152 Å². The average molecular weight is 670 g/mol. The SMILES string of the molecule is CCN(CC)c1ccc(/C=C(/NC(=O)c2ccccc2Cl)C(=O)N/N=C/c2ccc(OC(=O)c3ccc([N+](=O)[O-])cc3)c(OC)c2)cc1. The highest BCUT2D eigenvalue weighted by molar-refractivity contribution is 6.34. The lowest BCUT2D eigenvalue weighted by Crippen LogP contribution is -2.33. The predicted octanol–water partition coefficient (Wildman–Crippen LogP) is 6.24. The molecule has 0 unspecified atom stereocenters. The second-order valence-corrected chi connectivity index (χ2v) is 10.5. The van der Waals surface area contributed by atoms with Gasteiger partial charge in [-0.15, -0.1) is 0 Å². The molecule has 0 aliphatic carbocycles. The van der Waals surface area contributed by atoms with Crippen LogP contribution < -0.4 is 25.1 Å². The summed E-state index contributed by atoms with van der Waals surface area (Å²) in [6, 6.07) is 23.6. The van der Waals surface area contributed by atoms with Gasteiger partial charge in [0.25, 0.3) is 17.5 Å². The van der Waals surface area contributed by atoms with Crippen molar-refractivity contribution < 1.29 is 28.8 Å². The van der Waals surface area contributed by atoms with Crippen LogP contribution in [0, 0.1) is 10.1 Å². The first-order valence-electron chi connectivity index (χ1n) is 14.7. The van der Waals surface area contributed by atoms with Crippen LogP contribution in [-0.2, 0) is 4.79 Å². The number of benzene rings is 4. The Kier molecular flexibility index (Phi) is 12.0. The van der Waals surface area contributed by atoms with E-state index in [2.05, 4.69) is 34.6 Å². The zero-order chi connectivity index (χ0) is 34.6. The molecule has 4 rings (SSSR count). The van der Waals surface area contributed by atoms with Gasteiger partial charge in [-0.2, -0.15) is 5.10 Å². The fraction of sp³-hybridized carbons (Fsp3) is 0.143. The van der Waals surface area contributed by atoms with Gasteiger partial charge in [0.2, 0.25) is 0 Å². The van der Waals surface area contributed by atoms with E-state index in [9.17, 15) is 24.5 Å². The number of amides is 2. The summed E-state index contributed by atoms with van der Waals surface area (Å²) in [5, 5.41) is 17.8. The Morgan fingerprint density at radius 3 is 2.21 bits per heavy atom. The Labute approximate surface area is 281 Å². The summed E-state index contributed by atoms with van der Waals surface area (Å²) in [4.78, 5) is 51.4. The van der Waals surface area contributed by atoms with Gasteiger partial charge in [0.15, 0.2) is 11.5 Å². The smallest absolute Gasteiger partial charge is 0.343 e. The number of carbonyl (C=O) groups excluding carboxylic acids is 3. The summed E-state index contributed by atoms with van der Waals surface area (Å²) < 4.78 is 10.8. The molecule has 0 atom stereocenters. The predicted molar refractivity (Wildman–Crippen MR) is 184 cm³/mol. The first kappa shape index (κ1) is 34.9.